The zero-order valence-corrected chi connectivity index (χ0v) is 18.2. The number of hydrogen-bond donors (Lipinski definition) is 0. The minimum atomic E-state index is -0.279. The van der Waals surface area contributed by atoms with Crippen molar-refractivity contribution in [3.05, 3.63) is 65.2 Å². The molecule has 0 saturated heterocycles. The normalized spacial score (nSPS) is 19.1. The Balaban J connectivity index is 1.48. The molecule has 29 heavy (non-hydrogen) atoms. The SMILES string of the molecule is CCCCCCCc1ccc(C(=O)Oc2ccc(C3CCC(C)CC3)cc2)cc1. The standard InChI is InChI=1S/C27H36O2/c1-3-4-5-6-7-8-22-11-15-25(16-12-22)27(28)29-26-19-17-24(18-20-26)23-13-9-21(2)10-14-23/h11-12,15-21,23H,3-10,13-14H2,1-2H3. The van der Waals surface area contributed by atoms with Crippen molar-refractivity contribution in [1.29, 1.82) is 0 Å². The lowest BCUT2D eigenvalue weighted by Gasteiger charge is -2.26. The van der Waals surface area contributed by atoms with E-state index in [9.17, 15) is 4.79 Å². The third-order valence-electron chi connectivity index (χ3n) is 6.34. The van der Waals surface area contributed by atoms with Gasteiger partial charge in [0.2, 0.25) is 0 Å². The molecule has 0 spiro atoms. The van der Waals surface area contributed by atoms with E-state index in [0.717, 1.165) is 12.3 Å². The molecule has 0 atom stereocenters. The maximum absolute atomic E-state index is 12.5. The number of hydrogen-bond acceptors (Lipinski definition) is 2. The van der Waals surface area contributed by atoms with Crippen LogP contribution in [0, 0.1) is 5.92 Å². The average Bonchev–Trinajstić information content (AvgIpc) is 2.75. The van der Waals surface area contributed by atoms with E-state index in [0.29, 0.717) is 17.2 Å². The Hall–Kier alpha value is -2.09. The molecule has 0 N–H and O–H groups in total. The predicted octanol–water partition coefficient (Wildman–Crippen LogP) is 7.71. The lowest BCUT2D eigenvalue weighted by atomic mass is 9.79. The smallest absolute Gasteiger partial charge is 0.343 e. The number of benzene rings is 2. The molecule has 0 heterocycles. The van der Waals surface area contributed by atoms with Crippen molar-refractivity contribution in [2.24, 2.45) is 5.92 Å². The summed E-state index contributed by atoms with van der Waals surface area (Å²) in [5.41, 5.74) is 3.29. The molecular formula is C27H36O2. The van der Waals surface area contributed by atoms with Gasteiger partial charge in [-0.25, -0.2) is 4.79 Å². The van der Waals surface area contributed by atoms with Crippen molar-refractivity contribution < 1.29 is 9.53 Å². The first kappa shape index (κ1) is 21.6. The first-order chi connectivity index (χ1) is 14.2. The van der Waals surface area contributed by atoms with Crippen molar-refractivity contribution in [3.8, 4) is 5.75 Å². The number of carbonyl (C=O) groups is 1. The minimum Gasteiger partial charge on any atom is -0.423 e. The van der Waals surface area contributed by atoms with Gasteiger partial charge in [-0.1, -0.05) is 76.6 Å². The van der Waals surface area contributed by atoms with Crippen LogP contribution in [0.25, 0.3) is 0 Å². The van der Waals surface area contributed by atoms with Crippen LogP contribution in [0.3, 0.4) is 0 Å². The highest BCUT2D eigenvalue weighted by Gasteiger charge is 2.19. The molecule has 0 aromatic heterocycles. The number of ether oxygens (including phenoxy) is 1. The molecule has 1 saturated carbocycles. The number of carbonyl (C=O) groups excluding carboxylic acids is 1. The Morgan fingerprint density at radius 1 is 0.862 bits per heavy atom. The lowest BCUT2D eigenvalue weighted by molar-refractivity contribution is 0.0734. The fourth-order valence-electron chi connectivity index (χ4n) is 4.31. The first-order valence-corrected chi connectivity index (χ1v) is 11.6. The van der Waals surface area contributed by atoms with E-state index in [1.54, 1.807) is 0 Å². The average molecular weight is 393 g/mol. The van der Waals surface area contributed by atoms with Gasteiger partial charge < -0.3 is 4.74 Å². The van der Waals surface area contributed by atoms with Gasteiger partial charge in [-0.05, 0) is 72.9 Å². The molecule has 0 aliphatic heterocycles. The Morgan fingerprint density at radius 2 is 1.52 bits per heavy atom. The molecular weight excluding hydrogens is 356 g/mol. The lowest BCUT2D eigenvalue weighted by Crippen LogP contribution is -2.11. The highest BCUT2D eigenvalue weighted by Crippen LogP contribution is 2.36. The van der Waals surface area contributed by atoms with E-state index >= 15 is 0 Å². The van der Waals surface area contributed by atoms with Gasteiger partial charge >= 0.3 is 5.97 Å². The summed E-state index contributed by atoms with van der Waals surface area (Å²) in [4.78, 5) is 12.5. The largest absolute Gasteiger partial charge is 0.423 e. The fourth-order valence-corrected chi connectivity index (χ4v) is 4.31. The molecule has 2 aromatic rings. The Bertz CT molecular complexity index is 737. The summed E-state index contributed by atoms with van der Waals surface area (Å²) in [5, 5.41) is 0. The summed E-state index contributed by atoms with van der Waals surface area (Å²) >= 11 is 0. The minimum absolute atomic E-state index is 0.279. The fraction of sp³-hybridized carbons (Fsp3) is 0.519. The van der Waals surface area contributed by atoms with Crippen molar-refractivity contribution in [3.63, 3.8) is 0 Å². The summed E-state index contributed by atoms with van der Waals surface area (Å²) < 4.78 is 5.59. The Labute approximate surface area is 176 Å². The van der Waals surface area contributed by atoms with Crippen LogP contribution in [0.4, 0.5) is 0 Å². The molecule has 0 radical (unpaired) electrons. The summed E-state index contributed by atoms with van der Waals surface area (Å²) in [6.45, 7) is 4.59. The van der Waals surface area contributed by atoms with Crippen molar-refractivity contribution in [2.45, 2.75) is 84.0 Å². The molecule has 0 unspecified atom stereocenters. The van der Waals surface area contributed by atoms with Crippen LogP contribution in [-0.4, -0.2) is 5.97 Å². The van der Waals surface area contributed by atoms with Gasteiger partial charge in [0.1, 0.15) is 5.75 Å². The van der Waals surface area contributed by atoms with E-state index in [2.05, 4.69) is 38.1 Å². The van der Waals surface area contributed by atoms with Gasteiger partial charge in [0.15, 0.2) is 0 Å². The second kappa shape index (κ2) is 11.2. The summed E-state index contributed by atoms with van der Waals surface area (Å²) in [6, 6.07) is 16.0. The van der Waals surface area contributed by atoms with E-state index in [1.165, 1.54) is 68.9 Å². The second-order valence-corrected chi connectivity index (χ2v) is 8.78. The zero-order valence-electron chi connectivity index (χ0n) is 18.2. The molecule has 2 aromatic carbocycles. The topological polar surface area (TPSA) is 26.3 Å². The van der Waals surface area contributed by atoms with Crippen molar-refractivity contribution >= 4 is 5.97 Å². The van der Waals surface area contributed by atoms with Crippen LogP contribution in [-0.2, 0) is 6.42 Å². The van der Waals surface area contributed by atoms with Crippen molar-refractivity contribution in [2.75, 3.05) is 0 Å². The van der Waals surface area contributed by atoms with Crippen LogP contribution in [0.5, 0.6) is 5.75 Å². The van der Waals surface area contributed by atoms with Gasteiger partial charge in [-0.2, -0.15) is 0 Å². The molecule has 2 heteroatoms. The number of esters is 1. The molecule has 1 aliphatic rings. The molecule has 156 valence electrons. The van der Waals surface area contributed by atoms with Gasteiger partial charge in [0, 0.05) is 0 Å². The monoisotopic (exact) mass is 392 g/mol. The quantitative estimate of drug-likeness (QED) is 0.248. The Kier molecular flexibility index (Phi) is 8.34. The highest BCUT2D eigenvalue weighted by molar-refractivity contribution is 5.91. The molecule has 3 rings (SSSR count). The third kappa shape index (κ3) is 6.73. The highest BCUT2D eigenvalue weighted by atomic mass is 16.5. The summed E-state index contributed by atoms with van der Waals surface area (Å²) in [7, 11) is 0. The van der Waals surface area contributed by atoms with Gasteiger partial charge in [0.25, 0.3) is 0 Å². The summed E-state index contributed by atoms with van der Waals surface area (Å²) in [6.07, 6.45) is 12.7. The third-order valence-corrected chi connectivity index (χ3v) is 6.34. The van der Waals surface area contributed by atoms with Gasteiger partial charge in [-0.3, -0.25) is 0 Å². The van der Waals surface area contributed by atoms with Crippen LogP contribution >= 0.6 is 0 Å². The maximum Gasteiger partial charge on any atom is 0.343 e. The van der Waals surface area contributed by atoms with E-state index < -0.39 is 0 Å². The molecule has 2 nitrogen and oxygen atoms in total. The van der Waals surface area contributed by atoms with Crippen LogP contribution in [0.1, 0.15) is 99.0 Å². The van der Waals surface area contributed by atoms with Crippen LogP contribution in [0.15, 0.2) is 48.5 Å². The van der Waals surface area contributed by atoms with Crippen molar-refractivity contribution in [1.82, 2.24) is 0 Å². The number of unbranched alkanes of at least 4 members (excludes halogenated alkanes) is 4. The van der Waals surface area contributed by atoms with E-state index in [1.807, 2.05) is 24.3 Å². The number of aryl methyl sites for hydroxylation is 1. The second-order valence-electron chi connectivity index (χ2n) is 8.78. The first-order valence-electron chi connectivity index (χ1n) is 11.6. The van der Waals surface area contributed by atoms with Gasteiger partial charge in [0.05, 0.1) is 5.56 Å². The molecule has 0 bridgehead atoms. The molecule has 1 fully saturated rings. The van der Waals surface area contributed by atoms with E-state index in [4.69, 9.17) is 4.74 Å². The Morgan fingerprint density at radius 3 is 2.17 bits per heavy atom. The van der Waals surface area contributed by atoms with Crippen LogP contribution < -0.4 is 4.74 Å². The predicted molar refractivity (Wildman–Crippen MR) is 121 cm³/mol. The van der Waals surface area contributed by atoms with Gasteiger partial charge in [-0.15, -0.1) is 0 Å². The number of rotatable bonds is 9. The maximum atomic E-state index is 12.5. The zero-order chi connectivity index (χ0) is 20.5. The summed E-state index contributed by atoms with van der Waals surface area (Å²) in [5.74, 6) is 1.87. The van der Waals surface area contributed by atoms with Crippen LogP contribution in [0.2, 0.25) is 0 Å². The molecule has 0 amide bonds. The van der Waals surface area contributed by atoms with E-state index in [-0.39, 0.29) is 5.97 Å². The molecule has 1 aliphatic carbocycles.